The maximum absolute atomic E-state index is 12.2. The molecular weight excluding hydrogens is 352 g/mol. The van der Waals surface area contributed by atoms with E-state index in [1.165, 1.54) is 6.21 Å². The second kappa shape index (κ2) is 6.41. The molecule has 0 atom stereocenters. The smallest absolute Gasteiger partial charge is 0.200 e. The van der Waals surface area contributed by atoms with E-state index in [1.54, 1.807) is 19.1 Å². The van der Waals surface area contributed by atoms with E-state index >= 15 is 0 Å². The maximum Gasteiger partial charge on any atom is 0.276 e. The van der Waals surface area contributed by atoms with Crippen LogP contribution >= 0.6 is 15.9 Å². The number of nitrogens with zero attached hydrogens (tertiary/aromatic N) is 1. The van der Waals surface area contributed by atoms with Crippen molar-refractivity contribution in [1.82, 2.24) is 4.83 Å². The minimum absolute atomic E-state index is 0.246. The molecule has 0 saturated carbocycles. The van der Waals surface area contributed by atoms with Gasteiger partial charge in [0.2, 0.25) is 0 Å². The van der Waals surface area contributed by atoms with Crippen LogP contribution in [-0.2, 0) is 10.0 Å². The zero-order valence-corrected chi connectivity index (χ0v) is 14.1. The minimum Gasteiger partial charge on any atom is -0.200 e. The highest BCUT2D eigenvalue weighted by Gasteiger charge is 2.15. The van der Waals surface area contributed by atoms with E-state index in [0.717, 1.165) is 15.6 Å². The highest BCUT2D eigenvalue weighted by atomic mass is 79.9. The van der Waals surface area contributed by atoms with Gasteiger partial charge in [-0.05, 0) is 48.7 Å². The molecule has 2 aromatic carbocycles. The molecule has 0 spiro atoms. The van der Waals surface area contributed by atoms with Crippen LogP contribution in [0.25, 0.3) is 0 Å². The Morgan fingerprint density at radius 2 is 1.76 bits per heavy atom. The van der Waals surface area contributed by atoms with Crippen molar-refractivity contribution in [2.24, 2.45) is 5.10 Å². The summed E-state index contributed by atoms with van der Waals surface area (Å²) >= 11 is 3.33. The highest BCUT2D eigenvalue weighted by molar-refractivity contribution is 9.10. The second-order valence-corrected chi connectivity index (χ2v) is 7.22. The first-order chi connectivity index (χ1) is 9.88. The molecule has 2 aromatic rings. The Hall–Kier alpha value is -1.66. The Bertz CT molecular complexity index is 769. The molecule has 0 heterocycles. The van der Waals surface area contributed by atoms with Crippen molar-refractivity contribution in [3.05, 3.63) is 63.6 Å². The normalized spacial score (nSPS) is 11.8. The standard InChI is InChI=1S/C15H15BrN2O2S/c1-11-3-4-12(2)15(9-11)21(19,20)18-17-10-13-5-7-14(16)8-6-13/h3-10,18H,1-2H3/b17-10-. The predicted octanol–water partition coefficient (Wildman–Crippen LogP) is 3.38. The molecule has 2 rings (SSSR count). The van der Waals surface area contributed by atoms with Crippen molar-refractivity contribution in [1.29, 1.82) is 0 Å². The number of hydrogen-bond donors (Lipinski definition) is 1. The van der Waals surface area contributed by atoms with Crippen LogP contribution in [0.15, 0.2) is 56.9 Å². The molecule has 0 aromatic heterocycles. The number of hydrazone groups is 1. The van der Waals surface area contributed by atoms with E-state index in [0.29, 0.717) is 5.56 Å². The summed E-state index contributed by atoms with van der Waals surface area (Å²) in [5.74, 6) is 0. The molecule has 0 aliphatic carbocycles. The second-order valence-electron chi connectivity index (χ2n) is 4.67. The number of benzene rings is 2. The van der Waals surface area contributed by atoms with Crippen LogP contribution in [-0.4, -0.2) is 14.6 Å². The fraction of sp³-hybridized carbons (Fsp3) is 0.133. The Labute approximate surface area is 133 Å². The van der Waals surface area contributed by atoms with Crippen molar-refractivity contribution < 1.29 is 8.42 Å². The number of rotatable bonds is 4. The minimum atomic E-state index is -3.65. The predicted molar refractivity (Wildman–Crippen MR) is 88.0 cm³/mol. The van der Waals surface area contributed by atoms with Gasteiger partial charge < -0.3 is 0 Å². The maximum atomic E-state index is 12.2. The molecule has 21 heavy (non-hydrogen) atoms. The first-order valence-corrected chi connectivity index (χ1v) is 8.54. The number of hydrogen-bond acceptors (Lipinski definition) is 3. The Balaban J connectivity index is 2.18. The van der Waals surface area contributed by atoms with E-state index in [2.05, 4.69) is 25.9 Å². The molecular formula is C15H15BrN2O2S. The van der Waals surface area contributed by atoms with Crippen LogP contribution in [0.3, 0.4) is 0 Å². The van der Waals surface area contributed by atoms with E-state index < -0.39 is 10.0 Å². The molecule has 0 saturated heterocycles. The van der Waals surface area contributed by atoms with Crippen LogP contribution in [0.4, 0.5) is 0 Å². The van der Waals surface area contributed by atoms with Gasteiger partial charge in [-0.25, -0.2) is 4.83 Å². The zero-order valence-electron chi connectivity index (χ0n) is 11.7. The summed E-state index contributed by atoms with van der Waals surface area (Å²) in [6.07, 6.45) is 1.47. The summed E-state index contributed by atoms with van der Waals surface area (Å²) in [4.78, 5) is 2.48. The van der Waals surface area contributed by atoms with Gasteiger partial charge in [0, 0.05) is 4.47 Å². The molecule has 1 N–H and O–H groups in total. The number of halogens is 1. The number of nitrogens with one attached hydrogen (secondary N) is 1. The molecule has 0 unspecified atom stereocenters. The van der Waals surface area contributed by atoms with Gasteiger partial charge in [0.15, 0.2) is 0 Å². The number of aryl methyl sites for hydroxylation is 2. The molecule has 0 amide bonds. The molecule has 0 bridgehead atoms. The third-order valence-electron chi connectivity index (χ3n) is 2.89. The number of sulfonamides is 1. The Kier molecular flexibility index (Phi) is 4.80. The van der Waals surface area contributed by atoms with Gasteiger partial charge >= 0.3 is 0 Å². The van der Waals surface area contributed by atoms with Crippen LogP contribution in [0.1, 0.15) is 16.7 Å². The van der Waals surface area contributed by atoms with Crippen molar-refractivity contribution in [2.45, 2.75) is 18.7 Å². The van der Waals surface area contributed by atoms with Gasteiger partial charge in [0.25, 0.3) is 10.0 Å². The van der Waals surface area contributed by atoms with Gasteiger partial charge in [-0.15, -0.1) is 0 Å². The van der Waals surface area contributed by atoms with E-state index in [-0.39, 0.29) is 4.90 Å². The van der Waals surface area contributed by atoms with Crippen LogP contribution in [0.5, 0.6) is 0 Å². The zero-order chi connectivity index (χ0) is 15.5. The summed E-state index contributed by atoms with van der Waals surface area (Å²) in [5.41, 5.74) is 2.38. The fourth-order valence-electron chi connectivity index (χ4n) is 1.77. The first kappa shape index (κ1) is 15.7. The van der Waals surface area contributed by atoms with Crippen LogP contribution in [0, 0.1) is 13.8 Å². The van der Waals surface area contributed by atoms with Crippen molar-refractivity contribution in [3.8, 4) is 0 Å². The van der Waals surface area contributed by atoms with Crippen molar-refractivity contribution in [3.63, 3.8) is 0 Å². The SMILES string of the molecule is Cc1ccc(C)c(S(=O)(=O)N/N=C\c2ccc(Br)cc2)c1. The summed E-state index contributed by atoms with van der Waals surface area (Å²) in [6.45, 7) is 3.61. The van der Waals surface area contributed by atoms with Crippen LogP contribution in [0.2, 0.25) is 0 Å². The lowest BCUT2D eigenvalue weighted by Crippen LogP contribution is -2.19. The average Bonchev–Trinajstić information content (AvgIpc) is 2.43. The van der Waals surface area contributed by atoms with E-state index in [1.807, 2.05) is 37.3 Å². The Morgan fingerprint density at radius 3 is 2.43 bits per heavy atom. The molecule has 0 fully saturated rings. The van der Waals surface area contributed by atoms with Crippen molar-refractivity contribution in [2.75, 3.05) is 0 Å². The quantitative estimate of drug-likeness (QED) is 0.665. The summed E-state index contributed by atoms with van der Waals surface area (Å²) < 4.78 is 25.4. The lowest BCUT2D eigenvalue weighted by Gasteiger charge is -2.07. The van der Waals surface area contributed by atoms with E-state index in [4.69, 9.17) is 0 Å². The molecule has 0 aliphatic heterocycles. The van der Waals surface area contributed by atoms with Crippen molar-refractivity contribution >= 4 is 32.2 Å². The molecule has 0 aliphatic rings. The fourth-order valence-corrected chi connectivity index (χ4v) is 3.15. The van der Waals surface area contributed by atoms with Gasteiger partial charge in [0.1, 0.15) is 0 Å². The summed E-state index contributed by atoms with van der Waals surface area (Å²) in [5, 5.41) is 3.81. The van der Waals surface area contributed by atoms with Gasteiger partial charge in [-0.1, -0.05) is 40.2 Å². The van der Waals surface area contributed by atoms with Gasteiger partial charge in [-0.2, -0.15) is 13.5 Å². The lowest BCUT2D eigenvalue weighted by atomic mass is 10.2. The average molecular weight is 367 g/mol. The largest absolute Gasteiger partial charge is 0.276 e. The van der Waals surface area contributed by atoms with Gasteiger partial charge in [0.05, 0.1) is 11.1 Å². The third kappa shape index (κ3) is 4.15. The third-order valence-corrected chi connectivity index (χ3v) is 4.78. The molecule has 0 radical (unpaired) electrons. The monoisotopic (exact) mass is 366 g/mol. The summed E-state index contributed by atoms with van der Waals surface area (Å²) in [7, 11) is -3.65. The summed E-state index contributed by atoms with van der Waals surface area (Å²) in [6, 6.07) is 12.7. The van der Waals surface area contributed by atoms with Gasteiger partial charge in [-0.3, -0.25) is 0 Å². The molecule has 4 nitrogen and oxygen atoms in total. The Morgan fingerprint density at radius 1 is 1.10 bits per heavy atom. The molecule has 6 heteroatoms. The van der Waals surface area contributed by atoms with E-state index in [9.17, 15) is 8.42 Å². The lowest BCUT2D eigenvalue weighted by molar-refractivity contribution is 0.584. The molecule has 110 valence electrons. The highest BCUT2D eigenvalue weighted by Crippen LogP contribution is 2.16. The first-order valence-electron chi connectivity index (χ1n) is 6.26. The topological polar surface area (TPSA) is 58.5 Å². The van der Waals surface area contributed by atoms with Crippen LogP contribution < -0.4 is 4.83 Å².